The number of ether oxygens (including phenoxy) is 1. The van der Waals surface area contributed by atoms with E-state index in [1.807, 2.05) is 0 Å². The molecule has 0 aromatic carbocycles. The van der Waals surface area contributed by atoms with Gasteiger partial charge in [0.1, 0.15) is 0 Å². The summed E-state index contributed by atoms with van der Waals surface area (Å²) >= 11 is 0. The van der Waals surface area contributed by atoms with Gasteiger partial charge in [0.15, 0.2) is 0 Å². The molecule has 1 heterocycles. The van der Waals surface area contributed by atoms with Gasteiger partial charge in [0.2, 0.25) is 0 Å². The van der Waals surface area contributed by atoms with Gasteiger partial charge >= 0.3 is 0 Å². The molecule has 0 radical (unpaired) electrons. The molecule has 10 heavy (non-hydrogen) atoms. The van der Waals surface area contributed by atoms with Crippen LogP contribution in [-0.2, 0) is 4.74 Å². The summed E-state index contributed by atoms with van der Waals surface area (Å²) in [6.45, 7) is 7.77. The van der Waals surface area contributed by atoms with Crippen molar-refractivity contribution in [3.05, 3.63) is 0 Å². The van der Waals surface area contributed by atoms with Crippen molar-refractivity contribution in [3.8, 4) is 0 Å². The van der Waals surface area contributed by atoms with E-state index in [1.54, 1.807) is 0 Å². The van der Waals surface area contributed by atoms with Crippen molar-refractivity contribution in [1.29, 1.82) is 0 Å². The lowest BCUT2D eigenvalue weighted by atomic mass is 9.86. The highest BCUT2D eigenvalue weighted by Gasteiger charge is 2.21. The van der Waals surface area contributed by atoms with Gasteiger partial charge in [0.25, 0.3) is 0 Å². The van der Waals surface area contributed by atoms with Gasteiger partial charge in [-0.1, -0.05) is 13.8 Å². The smallest absolute Gasteiger partial charge is 0.0549 e. The lowest BCUT2D eigenvalue weighted by Crippen LogP contribution is -2.25. The Bertz CT molecular complexity index is 98.9. The minimum atomic E-state index is 0.501. The fourth-order valence-corrected chi connectivity index (χ4v) is 1.64. The Morgan fingerprint density at radius 3 is 2.50 bits per heavy atom. The third kappa shape index (κ3) is 1.98. The first kappa shape index (κ1) is 8.06. The maximum atomic E-state index is 5.46. The quantitative estimate of drug-likeness (QED) is 0.546. The first-order chi connectivity index (χ1) is 4.70. The largest absolute Gasteiger partial charge is 0.378 e. The Balaban J connectivity index is 2.32. The van der Waals surface area contributed by atoms with Crippen molar-refractivity contribution in [1.82, 2.24) is 0 Å². The van der Waals surface area contributed by atoms with Crippen LogP contribution in [0.3, 0.4) is 0 Å². The van der Waals surface area contributed by atoms with E-state index in [2.05, 4.69) is 20.8 Å². The molecule has 1 nitrogen and oxygen atoms in total. The first-order valence-corrected chi connectivity index (χ1v) is 4.31. The average molecular weight is 142 g/mol. The lowest BCUT2D eigenvalue weighted by Gasteiger charge is -2.29. The van der Waals surface area contributed by atoms with Crippen LogP contribution >= 0.6 is 0 Å². The molecule has 0 aromatic rings. The normalized spacial score (nSPS) is 34.8. The van der Waals surface area contributed by atoms with Gasteiger partial charge in [0.05, 0.1) is 6.10 Å². The highest BCUT2D eigenvalue weighted by Crippen LogP contribution is 2.26. The summed E-state index contributed by atoms with van der Waals surface area (Å²) in [6.07, 6.45) is 3.03. The van der Waals surface area contributed by atoms with Gasteiger partial charge < -0.3 is 4.74 Å². The molecule has 1 aliphatic heterocycles. The standard InChI is InChI=1S/C9H18O/c1-7(2)9-4-5-10-8(3)6-9/h7-9H,4-6H2,1-3H3/t8-,9?/m1/s1. The number of hydrogen-bond donors (Lipinski definition) is 0. The van der Waals surface area contributed by atoms with Crippen LogP contribution in [0.5, 0.6) is 0 Å². The van der Waals surface area contributed by atoms with Gasteiger partial charge in [-0.15, -0.1) is 0 Å². The van der Waals surface area contributed by atoms with Crippen LogP contribution in [0.15, 0.2) is 0 Å². The molecule has 0 N–H and O–H groups in total. The average Bonchev–Trinajstić information content (AvgIpc) is 1.88. The molecule has 60 valence electrons. The van der Waals surface area contributed by atoms with E-state index in [9.17, 15) is 0 Å². The van der Waals surface area contributed by atoms with Crippen molar-refractivity contribution in [2.45, 2.75) is 39.7 Å². The monoisotopic (exact) mass is 142 g/mol. The molecule has 0 saturated carbocycles. The summed E-state index contributed by atoms with van der Waals surface area (Å²) in [5.41, 5.74) is 0. The fraction of sp³-hybridized carbons (Fsp3) is 1.00. The molecular weight excluding hydrogens is 124 g/mol. The minimum Gasteiger partial charge on any atom is -0.378 e. The Hall–Kier alpha value is -0.0400. The van der Waals surface area contributed by atoms with Crippen LogP contribution < -0.4 is 0 Å². The van der Waals surface area contributed by atoms with Gasteiger partial charge in [0, 0.05) is 6.61 Å². The van der Waals surface area contributed by atoms with Crippen molar-refractivity contribution >= 4 is 0 Å². The second-order valence-corrected chi connectivity index (χ2v) is 3.71. The van der Waals surface area contributed by atoms with Crippen molar-refractivity contribution in [2.24, 2.45) is 11.8 Å². The van der Waals surface area contributed by atoms with E-state index in [1.165, 1.54) is 12.8 Å². The van der Waals surface area contributed by atoms with Crippen LogP contribution in [0.2, 0.25) is 0 Å². The van der Waals surface area contributed by atoms with E-state index in [-0.39, 0.29) is 0 Å². The van der Waals surface area contributed by atoms with E-state index in [0.717, 1.165) is 18.4 Å². The summed E-state index contributed by atoms with van der Waals surface area (Å²) in [4.78, 5) is 0. The van der Waals surface area contributed by atoms with Crippen LogP contribution in [-0.4, -0.2) is 12.7 Å². The van der Waals surface area contributed by atoms with Crippen LogP contribution in [0.25, 0.3) is 0 Å². The topological polar surface area (TPSA) is 9.23 Å². The number of hydrogen-bond acceptors (Lipinski definition) is 1. The Kier molecular flexibility index (Phi) is 2.72. The summed E-state index contributed by atoms with van der Waals surface area (Å²) < 4.78 is 5.46. The highest BCUT2D eigenvalue weighted by atomic mass is 16.5. The third-order valence-corrected chi connectivity index (χ3v) is 2.47. The molecule has 0 bridgehead atoms. The second kappa shape index (κ2) is 3.38. The summed E-state index contributed by atoms with van der Waals surface area (Å²) in [5, 5.41) is 0. The molecule has 1 fully saturated rings. The molecule has 1 rings (SSSR count). The second-order valence-electron chi connectivity index (χ2n) is 3.71. The zero-order chi connectivity index (χ0) is 7.56. The van der Waals surface area contributed by atoms with E-state index in [4.69, 9.17) is 4.74 Å². The third-order valence-electron chi connectivity index (χ3n) is 2.47. The van der Waals surface area contributed by atoms with Crippen LogP contribution in [0.4, 0.5) is 0 Å². The molecule has 1 aliphatic rings. The van der Waals surface area contributed by atoms with Crippen molar-refractivity contribution < 1.29 is 4.74 Å². The fourth-order valence-electron chi connectivity index (χ4n) is 1.64. The van der Waals surface area contributed by atoms with E-state index < -0.39 is 0 Å². The zero-order valence-electron chi connectivity index (χ0n) is 7.26. The van der Waals surface area contributed by atoms with Crippen molar-refractivity contribution in [3.63, 3.8) is 0 Å². The highest BCUT2D eigenvalue weighted by molar-refractivity contribution is 4.70. The Morgan fingerprint density at radius 2 is 2.10 bits per heavy atom. The minimum absolute atomic E-state index is 0.501. The SMILES string of the molecule is CC(C)C1CCO[C@H](C)C1. The molecule has 0 aliphatic carbocycles. The Labute approximate surface area is 63.8 Å². The first-order valence-electron chi connectivity index (χ1n) is 4.31. The molecular formula is C9H18O. The van der Waals surface area contributed by atoms with Crippen LogP contribution in [0.1, 0.15) is 33.6 Å². The molecule has 2 atom stereocenters. The maximum Gasteiger partial charge on any atom is 0.0549 e. The summed E-state index contributed by atoms with van der Waals surface area (Å²) in [6, 6.07) is 0. The predicted octanol–water partition coefficient (Wildman–Crippen LogP) is 2.46. The van der Waals surface area contributed by atoms with Gasteiger partial charge in [-0.2, -0.15) is 0 Å². The maximum absolute atomic E-state index is 5.46. The molecule has 0 aromatic heterocycles. The summed E-state index contributed by atoms with van der Waals surface area (Å²) in [5.74, 6) is 1.75. The van der Waals surface area contributed by atoms with Gasteiger partial charge in [-0.05, 0) is 31.6 Å². The molecule has 1 unspecified atom stereocenters. The lowest BCUT2D eigenvalue weighted by molar-refractivity contribution is -0.00795. The molecule has 1 saturated heterocycles. The zero-order valence-corrected chi connectivity index (χ0v) is 7.26. The summed E-state index contributed by atoms with van der Waals surface area (Å²) in [7, 11) is 0. The van der Waals surface area contributed by atoms with Crippen LogP contribution in [0, 0.1) is 11.8 Å². The van der Waals surface area contributed by atoms with Gasteiger partial charge in [-0.25, -0.2) is 0 Å². The van der Waals surface area contributed by atoms with Gasteiger partial charge in [-0.3, -0.25) is 0 Å². The Morgan fingerprint density at radius 1 is 1.40 bits per heavy atom. The predicted molar refractivity (Wildman–Crippen MR) is 43.0 cm³/mol. The molecule has 0 amide bonds. The molecule has 0 spiro atoms. The van der Waals surface area contributed by atoms with E-state index >= 15 is 0 Å². The van der Waals surface area contributed by atoms with E-state index in [0.29, 0.717) is 6.10 Å². The number of rotatable bonds is 1. The van der Waals surface area contributed by atoms with Crippen molar-refractivity contribution in [2.75, 3.05) is 6.61 Å². The molecule has 1 heteroatoms.